The highest BCUT2D eigenvalue weighted by molar-refractivity contribution is 6.06. The number of hydrogen-bond donors (Lipinski definition) is 1. The zero-order valence-electron chi connectivity index (χ0n) is 10.6. The van der Waals surface area contributed by atoms with Gasteiger partial charge >= 0.3 is 0 Å². The van der Waals surface area contributed by atoms with Gasteiger partial charge < -0.3 is 5.32 Å². The molecular formula is C13H13N3O3. The molecule has 1 N–H and O–H groups in total. The first-order valence-electron chi connectivity index (χ1n) is 5.87. The number of amides is 1. The highest BCUT2D eigenvalue weighted by atomic mass is 16.6. The fraction of sp³-hybridized carbons (Fsp3) is 0.231. The van der Waals surface area contributed by atoms with Crippen molar-refractivity contribution >= 4 is 22.5 Å². The fourth-order valence-electron chi connectivity index (χ4n) is 1.90. The zero-order chi connectivity index (χ0) is 14.0. The van der Waals surface area contributed by atoms with Crippen LogP contribution in [0.4, 0.5) is 5.69 Å². The van der Waals surface area contributed by atoms with Crippen LogP contribution in [0.1, 0.15) is 23.0 Å². The number of hydrogen-bond acceptors (Lipinski definition) is 4. The normalized spacial score (nSPS) is 10.4. The largest absolute Gasteiger partial charge is 0.352 e. The Labute approximate surface area is 109 Å². The Kier molecular flexibility index (Phi) is 3.41. The molecule has 0 aliphatic carbocycles. The Bertz CT molecular complexity index is 667. The molecule has 6 heteroatoms. The van der Waals surface area contributed by atoms with Gasteiger partial charge in [-0.25, -0.2) is 0 Å². The number of nitro benzene ring substituents is 1. The smallest absolute Gasteiger partial charge is 0.270 e. The van der Waals surface area contributed by atoms with E-state index in [0.717, 1.165) is 0 Å². The third-order valence-corrected chi connectivity index (χ3v) is 2.71. The number of aromatic nitrogens is 1. The molecule has 0 aliphatic rings. The van der Waals surface area contributed by atoms with Crippen LogP contribution in [-0.4, -0.2) is 22.4 Å². The van der Waals surface area contributed by atoms with Gasteiger partial charge in [-0.1, -0.05) is 0 Å². The van der Waals surface area contributed by atoms with Crippen LogP contribution < -0.4 is 5.32 Å². The van der Waals surface area contributed by atoms with E-state index in [0.29, 0.717) is 28.7 Å². The quantitative estimate of drug-likeness (QED) is 0.676. The number of carbonyl (C=O) groups is 1. The van der Waals surface area contributed by atoms with Crippen molar-refractivity contribution in [3.05, 3.63) is 45.6 Å². The molecular weight excluding hydrogens is 246 g/mol. The lowest BCUT2D eigenvalue weighted by Gasteiger charge is -2.07. The average Bonchev–Trinajstić information content (AvgIpc) is 2.37. The summed E-state index contributed by atoms with van der Waals surface area (Å²) in [6, 6.07) is 5.96. The van der Waals surface area contributed by atoms with Gasteiger partial charge in [-0.3, -0.25) is 19.9 Å². The van der Waals surface area contributed by atoms with E-state index in [1.165, 1.54) is 12.1 Å². The first kappa shape index (κ1) is 12.9. The number of pyridine rings is 1. The SMILES string of the molecule is CCNC(=O)c1cc(C)nc2ccc([N+](=O)[O-])cc12. The molecule has 0 radical (unpaired) electrons. The number of aryl methyl sites for hydroxylation is 1. The van der Waals surface area contributed by atoms with E-state index in [2.05, 4.69) is 10.3 Å². The van der Waals surface area contributed by atoms with Crippen LogP contribution in [0.25, 0.3) is 10.9 Å². The van der Waals surface area contributed by atoms with Crippen LogP contribution in [0.3, 0.4) is 0 Å². The summed E-state index contributed by atoms with van der Waals surface area (Å²) >= 11 is 0. The number of fused-ring (bicyclic) bond motifs is 1. The molecule has 2 aromatic rings. The summed E-state index contributed by atoms with van der Waals surface area (Å²) in [5.74, 6) is -0.251. The molecule has 0 unspecified atom stereocenters. The number of carbonyl (C=O) groups excluding carboxylic acids is 1. The molecule has 98 valence electrons. The average molecular weight is 259 g/mol. The summed E-state index contributed by atoms with van der Waals surface area (Å²) in [7, 11) is 0. The molecule has 0 atom stereocenters. The van der Waals surface area contributed by atoms with Gasteiger partial charge in [-0.2, -0.15) is 0 Å². The lowest BCUT2D eigenvalue weighted by atomic mass is 10.1. The van der Waals surface area contributed by atoms with Gasteiger partial charge in [-0.15, -0.1) is 0 Å². The highest BCUT2D eigenvalue weighted by Crippen LogP contribution is 2.23. The molecule has 0 saturated heterocycles. The van der Waals surface area contributed by atoms with Crippen LogP contribution >= 0.6 is 0 Å². The van der Waals surface area contributed by atoms with E-state index < -0.39 is 4.92 Å². The maximum Gasteiger partial charge on any atom is 0.270 e. The first-order chi connectivity index (χ1) is 9.02. The Morgan fingerprint density at radius 2 is 2.16 bits per heavy atom. The van der Waals surface area contributed by atoms with Crippen molar-refractivity contribution in [1.82, 2.24) is 10.3 Å². The number of nitrogens with one attached hydrogen (secondary N) is 1. The predicted octanol–water partition coefficient (Wildman–Crippen LogP) is 2.20. The molecule has 1 heterocycles. The van der Waals surface area contributed by atoms with E-state index in [4.69, 9.17) is 0 Å². The van der Waals surface area contributed by atoms with Crippen molar-refractivity contribution in [3.63, 3.8) is 0 Å². The molecule has 1 aromatic heterocycles. The van der Waals surface area contributed by atoms with Gasteiger partial charge in [-0.05, 0) is 26.0 Å². The van der Waals surface area contributed by atoms with Crippen LogP contribution in [0, 0.1) is 17.0 Å². The van der Waals surface area contributed by atoms with Gasteiger partial charge in [0.1, 0.15) is 0 Å². The maximum absolute atomic E-state index is 12.0. The first-order valence-corrected chi connectivity index (χ1v) is 5.87. The van der Waals surface area contributed by atoms with E-state index in [9.17, 15) is 14.9 Å². The molecule has 1 amide bonds. The molecule has 1 aromatic carbocycles. The van der Waals surface area contributed by atoms with Crippen LogP contribution in [0.5, 0.6) is 0 Å². The molecule has 0 saturated carbocycles. The van der Waals surface area contributed by atoms with Gasteiger partial charge in [0.2, 0.25) is 0 Å². The third-order valence-electron chi connectivity index (χ3n) is 2.71. The highest BCUT2D eigenvalue weighted by Gasteiger charge is 2.14. The summed E-state index contributed by atoms with van der Waals surface area (Å²) in [4.78, 5) is 26.6. The summed E-state index contributed by atoms with van der Waals surface area (Å²) in [6.45, 7) is 4.09. The molecule has 2 rings (SSSR count). The van der Waals surface area contributed by atoms with Crippen LogP contribution in [-0.2, 0) is 0 Å². The fourth-order valence-corrected chi connectivity index (χ4v) is 1.90. The van der Waals surface area contributed by atoms with E-state index in [-0.39, 0.29) is 11.6 Å². The summed E-state index contributed by atoms with van der Waals surface area (Å²) in [6.07, 6.45) is 0. The maximum atomic E-state index is 12.0. The lowest BCUT2D eigenvalue weighted by molar-refractivity contribution is -0.384. The topological polar surface area (TPSA) is 85.1 Å². The standard InChI is InChI=1S/C13H13N3O3/c1-3-14-13(17)11-6-8(2)15-12-5-4-9(16(18)19)7-10(11)12/h4-7H,3H2,1-2H3,(H,14,17). The number of non-ortho nitro benzene ring substituents is 1. The second-order valence-electron chi connectivity index (χ2n) is 4.13. The van der Waals surface area contributed by atoms with Crippen molar-refractivity contribution in [2.75, 3.05) is 6.54 Å². The molecule has 6 nitrogen and oxygen atoms in total. The lowest BCUT2D eigenvalue weighted by Crippen LogP contribution is -2.23. The molecule has 0 fully saturated rings. The van der Waals surface area contributed by atoms with Crippen LogP contribution in [0.2, 0.25) is 0 Å². The number of rotatable bonds is 3. The molecule has 19 heavy (non-hydrogen) atoms. The van der Waals surface area contributed by atoms with Crippen molar-refractivity contribution in [3.8, 4) is 0 Å². The summed E-state index contributed by atoms with van der Waals surface area (Å²) in [5, 5.41) is 14.0. The third kappa shape index (κ3) is 2.52. The van der Waals surface area contributed by atoms with Crippen molar-refractivity contribution < 1.29 is 9.72 Å². The van der Waals surface area contributed by atoms with Gasteiger partial charge in [0.05, 0.1) is 16.0 Å². The second kappa shape index (κ2) is 5.01. The Morgan fingerprint density at radius 3 is 2.79 bits per heavy atom. The van der Waals surface area contributed by atoms with E-state index in [1.54, 1.807) is 19.1 Å². The minimum Gasteiger partial charge on any atom is -0.352 e. The molecule has 0 spiro atoms. The minimum atomic E-state index is -0.485. The second-order valence-corrected chi connectivity index (χ2v) is 4.13. The van der Waals surface area contributed by atoms with Crippen LogP contribution in [0.15, 0.2) is 24.3 Å². The summed E-state index contributed by atoms with van der Waals surface area (Å²) < 4.78 is 0. The van der Waals surface area contributed by atoms with Gasteiger partial charge in [0, 0.05) is 29.8 Å². The van der Waals surface area contributed by atoms with Gasteiger partial charge in [0.25, 0.3) is 11.6 Å². The predicted molar refractivity (Wildman–Crippen MR) is 71.1 cm³/mol. The van der Waals surface area contributed by atoms with Gasteiger partial charge in [0.15, 0.2) is 0 Å². The van der Waals surface area contributed by atoms with Crippen molar-refractivity contribution in [2.24, 2.45) is 0 Å². The monoisotopic (exact) mass is 259 g/mol. The molecule has 0 bridgehead atoms. The summed E-state index contributed by atoms with van der Waals surface area (Å²) in [5.41, 5.74) is 1.63. The number of nitrogens with zero attached hydrogens (tertiary/aromatic N) is 2. The zero-order valence-corrected chi connectivity index (χ0v) is 10.6. The van der Waals surface area contributed by atoms with Crippen molar-refractivity contribution in [2.45, 2.75) is 13.8 Å². The number of nitro groups is 1. The minimum absolute atomic E-state index is 0.0521. The Morgan fingerprint density at radius 1 is 1.42 bits per heavy atom. The van der Waals surface area contributed by atoms with Crippen molar-refractivity contribution in [1.29, 1.82) is 0 Å². The Hall–Kier alpha value is -2.50. The number of benzene rings is 1. The van der Waals surface area contributed by atoms with E-state index in [1.807, 2.05) is 6.92 Å². The van der Waals surface area contributed by atoms with E-state index >= 15 is 0 Å². The molecule has 0 aliphatic heterocycles. The Balaban J connectivity index is 2.69.